The summed E-state index contributed by atoms with van der Waals surface area (Å²) in [5.41, 5.74) is 2.46. The quantitative estimate of drug-likeness (QED) is 0.262. The molecule has 1 aromatic heterocycles. The SMILES string of the molecule is CCCc1cc(CN2C(=O)C3(CCCC3)N=C2CCC(F)(F)F)ccc1-c1ccccc1S(=O)(=O)Nc1noc(C)c1C. The molecule has 1 amide bonds. The second-order valence-electron chi connectivity index (χ2n) is 11.3. The molecular weight excluding hydrogens is 581 g/mol. The third-order valence-electron chi connectivity index (χ3n) is 8.25. The lowest BCUT2D eigenvalue weighted by Gasteiger charge is -2.23. The number of halogens is 3. The van der Waals surface area contributed by atoms with Crippen molar-refractivity contribution >= 4 is 27.6 Å². The van der Waals surface area contributed by atoms with E-state index in [2.05, 4.69) is 14.9 Å². The monoisotopic (exact) mass is 616 g/mol. The van der Waals surface area contributed by atoms with E-state index in [9.17, 15) is 26.4 Å². The molecule has 8 nitrogen and oxygen atoms in total. The molecule has 43 heavy (non-hydrogen) atoms. The third-order valence-corrected chi connectivity index (χ3v) is 9.64. The van der Waals surface area contributed by atoms with E-state index >= 15 is 0 Å². The summed E-state index contributed by atoms with van der Waals surface area (Å²) in [6, 6.07) is 12.2. The second kappa shape index (κ2) is 11.8. The number of nitrogens with zero attached hydrogens (tertiary/aromatic N) is 3. The number of aryl methyl sites for hydroxylation is 2. The van der Waals surface area contributed by atoms with Crippen molar-refractivity contribution in [3.05, 3.63) is 64.9 Å². The van der Waals surface area contributed by atoms with E-state index in [1.54, 1.807) is 38.1 Å². The lowest BCUT2D eigenvalue weighted by Crippen LogP contribution is -2.40. The number of carbonyl (C=O) groups excluding carboxylic acids is 1. The Morgan fingerprint density at radius 2 is 1.77 bits per heavy atom. The lowest BCUT2D eigenvalue weighted by atomic mass is 9.94. The van der Waals surface area contributed by atoms with Gasteiger partial charge in [0.05, 0.1) is 17.9 Å². The average molecular weight is 617 g/mol. The summed E-state index contributed by atoms with van der Waals surface area (Å²) in [5, 5.41) is 3.83. The van der Waals surface area contributed by atoms with Gasteiger partial charge < -0.3 is 4.52 Å². The minimum absolute atomic E-state index is 0.0691. The number of aromatic nitrogens is 1. The zero-order chi connectivity index (χ0) is 31.0. The number of sulfonamides is 1. The van der Waals surface area contributed by atoms with Crippen LogP contribution in [0.2, 0.25) is 0 Å². The molecule has 1 aliphatic carbocycles. The first kappa shape index (κ1) is 30.8. The van der Waals surface area contributed by atoms with Crippen molar-refractivity contribution < 1.29 is 30.9 Å². The zero-order valence-corrected chi connectivity index (χ0v) is 25.2. The number of alkyl halides is 3. The number of hydrogen-bond donors (Lipinski definition) is 1. The highest BCUT2D eigenvalue weighted by Gasteiger charge is 2.49. The molecule has 1 spiro atoms. The van der Waals surface area contributed by atoms with Crippen LogP contribution < -0.4 is 4.72 Å². The lowest BCUT2D eigenvalue weighted by molar-refractivity contribution is -0.135. The van der Waals surface area contributed by atoms with Gasteiger partial charge in [-0.1, -0.05) is 67.7 Å². The van der Waals surface area contributed by atoms with Gasteiger partial charge in [0.25, 0.3) is 15.9 Å². The topological polar surface area (TPSA) is 105 Å². The minimum Gasteiger partial charge on any atom is -0.359 e. The highest BCUT2D eigenvalue weighted by molar-refractivity contribution is 7.92. The van der Waals surface area contributed by atoms with Crippen molar-refractivity contribution in [1.29, 1.82) is 0 Å². The number of rotatable bonds is 10. The largest absolute Gasteiger partial charge is 0.389 e. The molecule has 0 atom stereocenters. The van der Waals surface area contributed by atoms with Gasteiger partial charge >= 0.3 is 6.18 Å². The molecule has 2 aliphatic rings. The highest BCUT2D eigenvalue weighted by Crippen LogP contribution is 2.41. The van der Waals surface area contributed by atoms with Gasteiger partial charge in [0.1, 0.15) is 17.1 Å². The van der Waals surface area contributed by atoms with Gasteiger partial charge in [-0.25, -0.2) is 8.42 Å². The predicted molar refractivity (Wildman–Crippen MR) is 157 cm³/mol. The van der Waals surface area contributed by atoms with Gasteiger partial charge in [0.2, 0.25) is 0 Å². The standard InChI is InChI=1S/C31H35F3N4O4S/c1-4-9-23-18-22(19-38-27(14-17-31(32,33)34)35-30(29(38)39)15-7-8-16-30)12-13-24(23)25-10-5-6-11-26(25)43(40,41)37-28-20(2)21(3)42-36-28/h5-6,10-13,18H,4,7-9,14-17,19H2,1-3H3,(H,36,37). The normalized spacial score (nSPS) is 16.7. The molecular formula is C31H35F3N4O4S. The van der Waals surface area contributed by atoms with Crippen LogP contribution in [0.4, 0.5) is 19.0 Å². The molecule has 1 fully saturated rings. The molecule has 1 N–H and O–H groups in total. The fraction of sp³-hybridized carbons (Fsp3) is 0.452. The van der Waals surface area contributed by atoms with Gasteiger partial charge in [-0.2, -0.15) is 13.2 Å². The van der Waals surface area contributed by atoms with Crippen molar-refractivity contribution in [2.24, 2.45) is 4.99 Å². The van der Waals surface area contributed by atoms with Crippen molar-refractivity contribution in [2.75, 3.05) is 4.72 Å². The van der Waals surface area contributed by atoms with E-state index in [1.807, 2.05) is 19.1 Å². The smallest absolute Gasteiger partial charge is 0.359 e. The van der Waals surface area contributed by atoms with Crippen LogP contribution in [-0.4, -0.2) is 41.9 Å². The Bertz CT molecular complexity index is 1660. The van der Waals surface area contributed by atoms with Crippen LogP contribution in [0.15, 0.2) is 56.9 Å². The summed E-state index contributed by atoms with van der Waals surface area (Å²) >= 11 is 0. The van der Waals surface area contributed by atoms with E-state index < -0.39 is 28.2 Å². The molecule has 1 aliphatic heterocycles. The van der Waals surface area contributed by atoms with Gasteiger partial charge in [0, 0.05) is 17.5 Å². The summed E-state index contributed by atoms with van der Waals surface area (Å²) in [7, 11) is -4.04. The maximum Gasteiger partial charge on any atom is 0.389 e. The molecule has 0 saturated heterocycles. The van der Waals surface area contributed by atoms with E-state index in [0.717, 1.165) is 30.4 Å². The van der Waals surface area contributed by atoms with Gasteiger partial charge in [-0.3, -0.25) is 19.4 Å². The van der Waals surface area contributed by atoms with Crippen molar-refractivity contribution in [1.82, 2.24) is 10.1 Å². The van der Waals surface area contributed by atoms with E-state index in [4.69, 9.17) is 4.52 Å². The van der Waals surface area contributed by atoms with Gasteiger partial charge in [0.15, 0.2) is 5.82 Å². The Hall–Kier alpha value is -3.67. The molecule has 2 aromatic carbocycles. The zero-order valence-electron chi connectivity index (χ0n) is 24.4. The van der Waals surface area contributed by atoms with Crippen LogP contribution in [0.5, 0.6) is 0 Å². The number of aliphatic imine (C=N–C) groups is 1. The highest BCUT2D eigenvalue weighted by atomic mass is 32.2. The minimum atomic E-state index is -4.35. The van der Waals surface area contributed by atoms with Crippen LogP contribution in [0.3, 0.4) is 0 Å². The number of benzene rings is 2. The third kappa shape index (κ3) is 6.34. The molecule has 1 saturated carbocycles. The fourth-order valence-corrected chi connectivity index (χ4v) is 7.18. The predicted octanol–water partition coefficient (Wildman–Crippen LogP) is 7.11. The summed E-state index contributed by atoms with van der Waals surface area (Å²) in [6.07, 6.45) is -1.62. The maximum atomic E-state index is 13.5. The molecule has 5 rings (SSSR count). The van der Waals surface area contributed by atoms with Crippen molar-refractivity contribution in [3.8, 4) is 11.1 Å². The number of anilines is 1. The molecule has 0 unspecified atom stereocenters. The van der Waals surface area contributed by atoms with Crippen LogP contribution in [0.25, 0.3) is 11.1 Å². The number of amidine groups is 1. The second-order valence-corrected chi connectivity index (χ2v) is 13.0. The van der Waals surface area contributed by atoms with Gasteiger partial charge in [-0.15, -0.1) is 0 Å². The van der Waals surface area contributed by atoms with Crippen LogP contribution in [-0.2, 0) is 27.8 Å². The van der Waals surface area contributed by atoms with Gasteiger partial charge in [-0.05, 0) is 55.9 Å². The Balaban J connectivity index is 1.47. The molecule has 0 radical (unpaired) electrons. The van der Waals surface area contributed by atoms with Crippen molar-refractivity contribution in [3.63, 3.8) is 0 Å². The molecule has 12 heteroatoms. The summed E-state index contributed by atoms with van der Waals surface area (Å²) in [4.78, 5) is 19.6. The maximum absolute atomic E-state index is 13.5. The average Bonchev–Trinajstić information content (AvgIpc) is 3.63. The number of amides is 1. The molecule has 2 heterocycles. The fourth-order valence-electron chi connectivity index (χ4n) is 5.90. The summed E-state index contributed by atoms with van der Waals surface area (Å²) in [6.45, 7) is 5.51. The summed E-state index contributed by atoms with van der Waals surface area (Å²) < 4.78 is 74.0. The van der Waals surface area contributed by atoms with E-state index in [1.165, 1.54) is 11.0 Å². The summed E-state index contributed by atoms with van der Waals surface area (Å²) in [5.74, 6) is 0.582. The number of carbonyl (C=O) groups is 1. The van der Waals surface area contributed by atoms with E-state index in [-0.39, 0.29) is 35.4 Å². The van der Waals surface area contributed by atoms with Crippen LogP contribution >= 0.6 is 0 Å². The van der Waals surface area contributed by atoms with Crippen LogP contribution in [0, 0.1) is 13.8 Å². The van der Waals surface area contributed by atoms with Crippen LogP contribution in [0.1, 0.15) is 74.3 Å². The number of nitrogens with one attached hydrogen (secondary N) is 1. The molecule has 3 aromatic rings. The molecule has 230 valence electrons. The first-order chi connectivity index (χ1) is 20.3. The Kier molecular flexibility index (Phi) is 8.43. The first-order valence-corrected chi connectivity index (χ1v) is 16.0. The number of hydrogen-bond acceptors (Lipinski definition) is 6. The Morgan fingerprint density at radius 1 is 1.05 bits per heavy atom. The molecule has 0 bridgehead atoms. The van der Waals surface area contributed by atoms with Crippen molar-refractivity contribution in [2.45, 2.75) is 95.3 Å². The Morgan fingerprint density at radius 3 is 2.42 bits per heavy atom. The van der Waals surface area contributed by atoms with E-state index in [0.29, 0.717) is 41.7 Å². The Labute approximate surface area is 249 Å². The first-order valence-electron chi connectivity index (χ1n) is 14.5.